The lowest BCUT2D eigenvalue weighted by atomic mass is 9.70. The van der Waals surface area contributed by atoms with Crippen LogP contribution in [0.25, 0.3) is 0 Å². The highest BCUT2D eigenvalue weighted by Gasteiger charge is 2.39. The zero-order valence-corrected chi connectivity index (χ0v) is 29.6. The fourth-order valence-electron chi connectivity index (χ4n) is 7.48. The third-order valence-corrected chi connectivity index (χ3v) is 12.1. The van der Waals surface area contributed by atoms with Gasteiger partial charge in [-0.2, -0.15) is 0 Å². The van der Waals surface area contributed by atoms with Gasteiger partial charge in [0.15, 0.2) is 0 Å². The summed E-state index contributed by atoms with van der Waals surface area (Å²) in [5.74, 6) is 1.61. The van der Waals surface area contributed by atoms with Crippen LogP contribution in [0.5, 0.6) is 5.75 Å². The molecule has 1 aliphatic carbocycles. The smallest absolute Gasteiger partial charge is 0.263 e. The van der Waals surface area contributed by atoms with Crippen LogP contribution in [0, 0.1) is 23.7 Å². The molecule has 1 amide bonds. The van der Waals surface area contributed by atoms with Crippen molar-refractivity contribution < 1.29 is 23.2 Å². The Kier molecular flexibility index (Phi) is 12.3. The fourth-order valence-corrected chi connectivity index (χ4v) is 9.14. The van der Waals surface area contributed by atoms with Gasteiger partial charge in [0, 0.05) is 36.7 Å². The van der Waals surface area contributed by atoms with E-state index in [0.29, 0.717) is 37.2 Å². The summed E-state index contributed by atoms with van der Waals surface area (Å²) in [6.07, 6.45) is 9.36. The molecular weight excluding hydrogens is 620 g/mol. The van der Waals surface area contributed by atoms with E-state index in [-0.39, 0.29) is 35.0 Å². The first kappa shape index (κ1) is 34.9. The lowest BCUT2D eigenvalue weighted by Crippen LogP contribution is -2.45. The topological polar surface area (TPSA) is 77.1 Å². The summed E-state index contributed by atoms with van der Waals surface area (Å²) in [7, 11) is 0.155. The van der Waals surface area contributed by atoms with Crippen LogP contribution in [0.2, 0.25) is 5.02 Å². The van der Waals surface area contributed by atoms with Crippen molar-refractivity contribution in [3.63, 3.8) is 0 Å². The van der Waals surface area contributed by atoms with Gasteiger partial charge in [0.05, 0.1) is 36.9 Å². The molecule has 3 aliphatic rings. The molecule has 7 unspecified atom stereocenters. The van der Waals surface area contributed by atoms with Crippen molar-refractivity contribution >= 4 is 34.2 Å². The van der Waals surface area contributed by atoms with Crippen molar-refractivity contribution in [3.8, 4) is 5.75 Å². The molecule has 0 radical (unpaired) electrons. The molecule has 7 atom stereocenters. The highest BCUT2D eigenvalue weighted by atomic mass is 35.5. The number of carbonyl (C=O) groups excluding carboxylic acids is 1. The van der Waals surface area contributed by atoms with E-state index < -0.39 is 11.0 Å². The summed E-state index contributed by atoms with van der Waals surface area (Å²) in [6.45, 7) is 11.7. The van der Waals surface area contributed by atoms with Gasteiger partial charge in [-0.1, -0.05) is 63.9 Å². The fraction of sp³-hybridized carbons (Fsp3) is 0.595. The highest BCUT2D eigenvalue weighted by molar-refractivity contribution is 7.84. The third kappa shape index (κ3) is 8.18. The molecule has 2 aromatic rings. The van der Waals surface area contributed by atoms with Crippen LogP contribution in [0.3, 0.4) is 0 Å². The second kappa shape index (κ2) is 16.1. The first-order chi connectivity index (χ1) is 22.2. The molecule has 252 valence electrons. The standard InChI is InChI=1S/C37H51ClN2O5S/c1-6-8-26-19-30(38)13-15-31(26)29-22-40-21-28-11-14-32(28)34(44-18-17-43-5)10-7-9-25(4)36(24(2)3)46(42)39-37(41)27-12-16-35(45-23-29)33(40)20-27/h7,10,12-13,15-16,19-20,24-25,28-29,32,34,36H,6,8-9,11,14,17-18,21-23H2,1-5H3,(H,39,41)/b10-7+. The first-order valence-corrected chi connectivity index (χ1v) is 18.6. The average Bonchev–Trinajstić information content (AvgIpc) is 3.18. The van der Waals surface area contributed by atoms with Gasteiger partial charge < -0.3 is 19.1 Å². The number of fused-ring (bicyclic) bond motifs is 2. The molecule has 1 N–H and O–H groups in total. The number of nitrogens with one attached hydrogen (secondary N) is 1. The number of nitrogens with zero attached hydrogens (tertiary/aromatic N) is 1. The number of rotatable bonds is 8. The van der Waals surface area contributed by atoms with Crippen LogP contribution < -0.4 is 14.4 Å². The van der Waals surface area contributed by atoms with E-state index in [9.17, 15) is 9.00 Å². The number of methoxy groups -OCH3 is 1. The normalized spacial score (nSPS) is 29.2. The Morgan fingerprint density at radius 2 is 1.96 bits per heavy atom. The SMILES string of the molecule is CCCc1cc(Cl)ccc1C1COc2ccc3cc2N(C1)CC1CCC1C(OCCOC)/C=C/CC(C)C(C(C)C)S(=O)NC3=O. The minimum Gasteiger partial charge on any atom is -0.491 e. The van der Waals surface area contributed by atoms with E-state index in [2.05, 4.69) is 61.6 Å². The second-order valence-corrected chi connectivity index (χ2v) is 15.4. The Bertz CT molecular complexity index is 1400. The molecule has 46 heavy (non-hydrogen) atoms. The Balaban J connectivity index is 1.53. The van der Waals surface area contributed by atoms with Crippen molar-refractivity contribution in [3.05, 3.63) is 70.3 Å². The van der Waals surface area contributed by atoms with Crippen molar-refractivity contribution in [2.75, 3.05) is 44.9 Å². The molecule has 0 aromatic heterocycles. The molecule has 9 heteroatoms. The number of aryl methyl sites for hydroxylation is 1. The molecule has 1 fully saturated rings. The summed E-state index contributed by atoms with van der Waals surface area (Å²) in [5.41, 5.74) is 3.93. The van der Waals surface area contributed by atoms with Crippen molar-refractivity contribution in [2.24, 2.45) is 23.7 Å². The van der Waals surface area contributed by atoms with Gasteiger partial charge in [-0.3, -0.25) is 9.52 Å². The third-order valence-electron chi connectivity index (χ3n) is 9.95. The Morgan fingerprint density at radius 3 is 2.67 bits per heavy atom. The second-order valence-electron chi connectivity index (χ2n) is 13.6. The van der Waals surface area contributed by atoms with Crippen LogP contribution in [0.1, 0.15) is 80.8 Å². The molecule has 1 saturated carbocycles. The number of anilines is 1. The molecule has 5 rings (SSSR count). The molecule has 2 heterocycles. The lowest BCUT2D eigenvalue weighted by molar-refractivity contribution is -0.0308. The van der Waals surface area contributed by atoms with Crippen LogP contribution in [-0.4, -0.2) is 61.5 Å². The predicted molar refractivity (Wildman–Crippen MR) is 187 cm³/mol. The van der Waals surface area contributed by atoms with E-state index in [1.54, 1.807) is 13.2 Å². The van der Waals surface area contributed by atoms with E-state index in [4.69, 9.17) is 25.8 Å². The van der Waals surface area contributed by atoms with E-state index >= 15 is 0 Å². The number of carbonyl (C=O) groups is 1. The number of amides is 1. The quantitative estimate of drug-likeness (QED) is 0.234. The minimum atomic E-state index is -1.55. The van der Waals surface area contributed by atoms with Crippen LogP contribution in [-0.2, 0) is 26.9 Å². The largest absolute Gasteiger partial charge is 0.491 e. The van der Waals surface area contributed by atoms with Crippen LogP contribution in [0.4, 0.5) is 5.69 Å². The van der Waals surface area contributed by atoms with Crippen LogP contribution >= 0.6 is 11.6 Å². The summed E-state index contributed by atoms with van der Waals surface area (Å²) >= 11 is 6.44. The number of benzene rings is 2. The summed E-state index contributed by atoms with van der Waals surface area (Å²) in [5, 5.41) is 0.561. The average molecular weight is 671 g/mol. The van der Waals surface area contributed by atoms with E-state index in [1.807, 2.05) is 18.2 Å². The molecule has 2 aromatic carbocycles. The van der Waals surface area contributed by atoms with Crippen molar-refractivity contribution in [2.45, 2.75) is 77.1 Å². The van der Waals surface area contributed by atoms with Crippen molar-refractivity contribution in [1.82, 2.24) is 4.72 Å². The Hall–Kier alpha value is -2.39. The van der Waals surface area contributed by atoms with Gasteiger partial charge in [-0.05, 0) is 90.8 Å². The monoisotopic (exact) mass is 670 g/mol. The maximum Gasteiger partial charge on any atom is 0.263 e. The number of allylic oxidation sites excluding steroid dienone is 1. The zero-order valence-electron chi connectivity index (χ0n) is 28.0. The maximum absolute atomic E-state index is 13.6. The van der Waals surface area contributed by atoms with E-state index in [0.717, 1.165) is 61.7 Å². The van der Waals surface area contributed by atoms with Gasteiger partial charge in [0.2, 0.25) is 0 Å². The number of halogens is 1. The first-order valence-electron chi connectivity index (χ1n) is 17.0. The van der Waals surface area contributed by atoms with Crippen molar-refractivity contribution in [1.29, 1.82) is 0 Å². The lowest BCUT2D eigenvalue weighted by Gasteiger charge is -2.44. The van der Waals surface area contributed by atoms with Gasteiger partial charge in [0.25, 0.3) is 5.91 Å². The van der Waals surface area contributed by atoms with E-state index in [1.165, 1.54) is 11.1 Å². The molecular formula is C37H51ClN2O5S. The highest BCUT2D eigenvalue weighted by Crippen LogP contribution is 2.43. The molecule has 2 bridgehead atoms. The summed E-state index contributed by atoms with van der Waals surface area (Å²) in [6, 6.07) is 11.9. The Labute approximate surface area is 283 Å². The van der Waals surface area contributed by atoms with Crippen LogP contribution in [0.15, 0.2) is 48.6 Å². The molecule has 2 aliphatic heterocycles. The van der Waals surface area contributed by atoms with Gasteiger partial charge >= 0.3 is 0 Å². The predicted octanol–water partition coefficient (Wildman–Crippen LogP) is 7.35. The number of hydrogen-bond donors (Lipinski definition) is 1. The van der Waals surface area contributed by atoms with Gasteiger partial charge in [0.1, 0.15) is 16.7 Å². The van der Waals surface area contributed by atoms with Gasteiger partial charge in [-0.15, -0.1) is 0 Å². The summed E-state index contributed by atoms with van der Waals surface area (Å²) in [4.78, 5) is 16.0. The van der Waals surface area contributed by atoms with Gasteiger partial charge in [-0.25, -0.2) is 4.21 Å². The molecule has 7 nitrogen and oxygen atoms in total. The summed E-state index contributed by atoms with van der Waals surface area (Å²) < 4.78 is 34.8. The molecule has 0 spiro atoms. The Morgan fingerprint density at radius 1 is 1.13 bits per heavy atom. The zero-order chi connectivity index (χ0) is 32.8. The number of hydrogen-bond acceptors (Lipinski definition) is 6. The maximum atomic E-state index is 13.6. The number of ether oxygens (including phenoxy) is 3. The minimum absolute atomic E-state index is 0.0195. The molecule has 0 saturated heterocycles.